The highest BCUT2D eigenvalue weighted by molar-refractivity contribution is 6.31. The molecule has 1 amide bonds. The molecule has 0 unspecified atom stereocenters. The van der Waals surface area contributed by atoms with E-state index in [2.05, 4.69) is 4.74 Å². The van der Waals surface area contributed by atoms with Gasteiger partial charge in [0.25, 0.3) is 0 Å². The van der Waals surface area contributed by atoms with Crippen LogP contribution < -0.4 is 5.32 Å². The molecule has 0 saturated carbocycles. The Morgan fingerprint density at radius 2 is 1.95 bits per heavy atom. The van der Waals surface area contributed by atoms with Gasteiger partial charge in [0.05, 0.1) is 29.8 Å². The van der Waals surface area contributed by atoms with Crippen molar-refractivity contribution in [1.82, 2.24) is 0 Å². The van der Waals surface area contributed by atoms with Gasteiger partial charge in [-0.05, 0) is 12.1 Å². The summed E-state index contributed by atoms with van der Waals surface area (Å²) in [6.07, 6.45) is -6.68. The Hall–Kier alpha value is -1.83. The Balaban J connectivity index is 2.94. The molecule has 0 aliphatic carbocycles. The summed E-state index contributed by atoms with van der Waals surface area (Å²) in [5.74, 6) is -2.86. The van der Waals surface area contributed by atoms with E-state index in [1.165, 1.54) is 0 Å². The van der Waals surface area contributed by atoms with Gasteiger partial charge in [-0.1, -0.05) is 11.6 Å². The van der Waals surface area contributed by atoms with Crippen LogP contribution in [0.25, 0.3) is 0 Å². The molecule has 9 heteroatoms. The quantitative estimate of drug-likeness (QED) is 0.679. The number of carbonyl (C=O) groups is 2. The number of hydrogen-bond acceptors (Lipinski definition) is 3. The van der Waals surface area contributed by atoms with E-state index in [9.17, 15) is 27.2 Å². The van der Waals surface area contributed by atoms with Gasteiger partial charge in [0.15, 0.2) is 0 Å². The number of amides is 1. The summed E-state index contributed by atoms with van der Waals surface area (Å²) in [5, 5.41) is 1.64. The zero-order valence-corrected chi connectivity index (χ0v) is 11.4. The highest BCUT2D eigenvalue weighted by atomic mass is 35.5. The molecule has 0 atom stereocenters. The Morgan fingerprint density at radius 1 is 1.33 bits per heavy atom. The number of rotatable bonds is 4. The minimum absolute atomic E-state index is 0.260. The summed E-state index contributed by atoms with van der Waals surface area (Å²) >= 11 is 5.50. The third-order valence-corrected chi connectivity index (χ3v) is 2.67. The lowest BCUT2D eigenvalue weighted by molar-refractivity contribution is -0.142. The SMILES string of the molecule is COC(=O)c1cc(Cl)c(F)cc1NC(=O)CCC(F)(F)F. The average molecular weight is 328 g/mol. The van der Waals surface area contributed by atoms with E-state index in [0.717, 1.165) is 19.2 Å². The number of anilines is 1. The predicted molar refractivity (Wildman–Crippen MR) is 66.7 cm³/mol. The molecule has 21 heavy (non-hydrogen) atoms. The number of carbonyl (C=O) groups excluding carboxylic acids is 2. The molecule has 0 aromatic heterocycles. The van der Waals surface area contributed by atoms with Crippen molar-refractivity contribution in [3.8, 4) is 0 Å². The minimum Gasteiger partial charge on any atom is -0.465 e. The summed E-state index contributed by atoms with van der Waals surface area (Å²) in [4.78, 5) is 22.9. The van der Waals surface area contributed by atoms with Gasteiger partial charge >= 0.3 is 12.1 Å². The van der Waals surface area contributed by atoms with Crippen molar-refractivity contribution in [3.05, 3.63) is 28.5 Å². The van der Waals surface area contributed by atoms with E-state index in [4.69, 9.17) is 11.6 Å². The van der Waals surface area contributed by atoms with E-state index in [1.807, 2.05) is 5.32 Å². The highest BCUT2D eigenvalue weighted by Gasteiger charge is 2.28. The molecule has 0 fully saturated rings. The fraction of sp³-hybridized carbons (Fsp3) is 0.333. The van der Waals surface area contributed by atoms with Crippen molar-refractivity contribution < 1.29 is 31.9 Å². The first-order chi connectivity index (χ1) is 9.64. The monoisotopic (exact) mass is 327 g/mol. The molecule has 0 bridgehead atoms. The van der Waals surface area contributed by atoms with E-state index in [-0.39, 0.29) is 16.3 Å². The summed E-state index contributed by atoms with van der Waals surface area (Å²) in [5.41, 5.74) is -0.569. The Kier molecular flexibility index (Phi) is 5.54. The number of ether oxygens (including phenoxy) is 1. The van der Waals surface area contributed by atoms with Crippen LogP contribution in [0.15, 0.2) is 12.1 Å². The first-order valence-corrected chi connectivity index (χ1v) is 5.96. The van der Waals surface area contributed by atoms with Crippen LogP contribution in [-0.2, 0) is 9.53 Å². The third kappa shape index (κ3) is 5.22. The van der Waals surface area contributed by atoms with Gasteiger partial charge in [-0.15, -0.1) is 0 Å². The van der Waals surface area contributed by atoms with E-state index in [1.54, 1.807) is 0 Å². The number of methoxy groups -OCH3 is 1. The second kappa shape index (κ2) is 6.75. The number of halogens is 5. The van der Waals surface area contributed by atoms with Crippen molar-refractivity contribution in [2.45, 2.75) is 19.0 Å². The maximum absolute atomic E-state index is 13.3. The first-order valence-electron chi connectivity index (χ1n) is 5.58. The zero-order chi connectivity index (χ0) is 16.2. The molecule has 0 heterocycles. The molecule has 1 N–H and O–H groups in total. The predicted octanol–water partition coefficient (Wildman–Crippen LogP) is 3.55. The van der Waals surface area contributed by atoms with Crippen LogP contribution in [0.2, 0.25) is 5.02 Å². The third-order valence-electron chi connectivity index (χ3n) is 2.38. The van der Waals surface area contributed by atoms with Crippen LogP contribution in [-0.4, -0.2) is 25.2 Å². The van der Waals surface area contributed by atoms with Gasteiger partial charge in [0, 0.05) is 6.42 Å². The van der Waals surface area contributed by atoms with Crippen LogP contribution >= 0.6 is 11.6 Å². The van der Waals surface area contributed by atoms with Crippen LogP contribution in [0.5, 0.6) is 0 Å². The normalized spacial score (nSPS) is 11.1. The molecule has 0 aliphatic heterocycles. The van der Waals surface area contributed by atoms with Crippen LogP contribution in [0.4, 0.5) is 23.2 Å². The Morgan fingerprint density at radius 3 is 2.48 bits per heavy atom. The fourth-order valence-corrected chi connectivity index (χ4v) is 1.56. The summed E-state index contributed by atoms with van der Waals surface area (Å²) in [6.45, 7) is 0. The standard InChI is InChI=1S/C12H10ClF4NO3/c1-21-11(20)6-4-7(13)8(14)5-9(6)18-10(19)2-3-12(15,16)17/h4-5H,2-3H2,1H3,(H,18,19). The molecule has 1 aromatic rings. The number of alkyl halides is 3. The number of benzene rings is 1. The molecule has 0 aliphatic rings. The second-order valence-corrected chi connectivity index (χ2v) is 4.37. The molecule has 116 valence electrons. The maximum Gasteiger partial charge on any atom is 0.389 e. The van der Waals surface area contributed by atoms with Gasteiger partial charge in [0.1, 0.15) is 5.82 Å². The smallest absolute Gasteiger partial charge is 0.389 e. The van der Waals surface area contributed by atoms with Crippen molar-refractivity contribution >= 4 is 29.2 Å². The highest BCUT2D eigenvalue weighted by Crippen LogP contribution is 2.26. The molecule has 0 spiro atoms. The minimum atomic E-state index is -4.49. The largest absolute Gasteiger partial charge is 0.465 e. The number of esters is 1. The van der Waals surface area contributed by atoms with Gasteiger partial charge in [0.2, 0.25) is 5.91 Å². The lowest BCUT2D eigenvalue weighted by Crippen LogP contribution is -2.18. The second-order valence-electron chi connectivity index (χ2n) is 3.97. The van der Waals surface area contributed by atoms with E-state index >= 15 is 0 Å². The number of nitrogens with one attached hydrogen (secondary N) is 1. The maximum atomic E-state index is 13.3. The van der Waals surface area contributed by atoms with Crippen LogP contribution in [0.1, 0.15) is 23.2 Å². The van der Waals surface area contributed by atoms with Crippen molar-refractivity contribution in [2.75, 3.05) is 12.4 Å². The molecular weight excluding hydrogens is 318 g/mol. The lowest BCUT2D eigenvalue weighted by Gasteiger charge is -2.11. The van der Waals surface area contributed by atoms with Gasteiger partial charge in [-0.3, -0.25) is 4.79 Å². The zero-order valence-electron chi connectivity index (χ0n) is 10.7. The summed E-state index contributed by atoms with van der Waals surface area (Å²) in [7, 11) is 1.05. The molecule has 1 aromatic carbocycles. The molecule has 0 saturated heterocycles. The topological polar surface area (TPSA) is 55.4 Å². The van der Waals surface area contributed by atoms with Gasteiger partial charge in [-0.2, -0.15) is 13.2 Å². The van der Waals surface area contributed by atoms with Gasteiger partial charge in [-0.25, -0.2) is 9.18 Å². The Labute approximate surface area is 122 Å². The van der Waals surface area contributed by atoms with Crippen LogP contribution in [0, 0.1) is 5.82 Å². The fourth-order valence-electron chi connectivity index (χ4n) is 1.40. The molecule has 1 rings (SSSR count). The number of hydrogen-bond donors (Lipinski definition) is 1. The lowest BCUT2D eigenvalue weighted by atomic mass is 10.1. The molecule has 0 radical (unpaired) electrons. The van der Waals surface area contributed by atoms with E-state index < -0.39 is 36.7 Å². The summed E-state index contributed by atoms with van der Waals surface area (Å²) < 4.78 is 53.8. The van der Waals surface area contributed by atoms with Crippen LogP contribution in [0.3, 0.4) is 0 Å². The molecular formula is C12H10ClF4NO3. The molecule has 4 nitrogen and oxygen atoms in total. The first kappa shape index (κ1) is 17.2. The van der Waals surface area contributed by atoms with E-state index in [0.29, 0.717) is 0 Å². The summed E-state index contributed by atoms with van der Waals surface area (Å²) in [6, 6.07) is 1.65. The van der Waals surface area contributed by atoms with Crippen molar-refractivity contribution in [2.24, 2.45) is 0 Å². The van der Waals surface area contributed by atoms with Gasteiger partial charge < -0.3 is 10.1 Å². The average Bonchev–Trinajstić information content (AvgIpc) is 2.38. The Bertz CT molecular complexity index is 560. The van der Waals surface area contributed by atoms with Crippen molar-refractivity contribution in [3.63, 3.8) is 0 Å². The van der Waals surface area contributed by atoms with Crippen molar-refractivity contribution in [1.29, 1.82) is 0 Å².